The lowest BCUT2D eigenvalue weighted by atomic mass is 10.1. The van der Waals surface area contributed by atoms with Gasteiger partial charge in [0.1, 0.15) is 5.76 Å². The molecule has 6 heteroatoms. The molecule has 1 amide bonds. The van der Waals surface area contributed by atoms with Gasteiger partial charge < -0.3 is 15.1 Å². The van der Waals surface area contributed by atoms with Crippen molar-refractivity contribution in [3.8, 4) is 0 Å². The largest absolute Gasteiger partial charge is 0.467 e. The van der Waals surface area contributed by atoms with E-state index < -0.39 is 0 Å². The van der Waals surface area contributed by atoms with Gasteiger partial charge in [0.15, 0.2) is 11.5 Å². The van der Waals surface area contributed by atoms with E-state index in [4.69, 9.17) is 4.42 Å². The molecule has 3 aromatic rings. The van der Waals surface area contributed by atoms with Crippen LogP contribution in [0.3, 0.4) is 0 Å². The lowest BCUT2D eigenvalue weighted by Gasteiger charge is -2.10. The average molecular weight is 322 g/mol. The van der Waals surface area contributed by atoms with Crippen LogP contribution in [0.15, 0.2) is 53.1 Å². The second-order valence-electron chi connectivity index (χ2n) is 5.44. The number of carbonyl (C=O) groups excluding carboxylic acids is 1. The predicted octanol–water partition coefficient (Wildman–Crippen LogP) is 3.36. The van der Waals surface area contributed by atoms with Gasteiger partial charge >= 0.3 is 0 Å². The Balaban J connectivity index is 1.64. The first-order chi connectivity index (χ1) is 11.6. The van der Waals surface area contributed by atoms with Crippen LogP contribution in [0.25, 0.3) is 0 Å². The third-order valence-electron chi connectivity index (χ3n) is 3.77. The Hall–Kier alpha value is -3.15. The molecule has 0 aliphatic heterocycles. The first kappa shape index (κ1) is 15.7. The quantitative estimate of drug-likeness (QED) is 0.753. The van der Waals surface area contributed by atoms with Gasteiger partial charge in [-0.1, -0.05) is 12.1 Å². The van der Waals surface area contributed by atoms with Crippen LogP contribution in [0, 0.1) is 13.8 Å². The second-order valence-corrected chi connectivity index (χ2v) is 5.44. The van der Waals surface area contributed by atoms with E-state index in [1.807, 2.05) is 19.1 Å². The highest BCUT2D eigenvalue weighted by molar-refractivity contribution is 5.92. The van der Waals surface area contributed by atoms with Crippen molar-refractivity contribution in [1.29, 1.82) is 0 Å². The normalized spacial score (nSPS) is 10.4. The summed E-state index contributed by atoms with van der Waals surface area (Å²) in [7, 11) is 0. The number of rotatable bonds is 5. The maximum absolute atomic E-state index is 12.0. The molecule has 0 atom stereocenters. The van der Waals surface area contributed by atoms with Crippen LogP contribution < -0.4 is 10.6 Å². The summed E-state index contributed by atoms with van der Waals surface area (Å²) in [6.07, 6.45) is 1.56. The maximum atomic E-state index is 12.0. The molecule has 0 fully saturated rings. The molecular formula is C18H18N4O2. The van der Waals surface area contributed by atoms with Crippen LogP contribution in [-0.4, -0.2) is 16.1 Å². The second kappa shape index (κ2) is 6.95. The minimum atomic E-state index is -0.294. The Kier molecular flexibility index (Phi) is 4.56. The van der Waals surface area contributed by atoms with Crippen molar-refractivity contribution in [3.05, 3.63) is 71.3 Å². The number of hydrogen-bond donors (Lipinski definition) is 2. The standard InChI is InChI=1S/C18H18N4O2/c1-12-5-3-7-15(13(12)2)20-17-9-8-16(21-22-17)18(23)19-11-14-6-4-10-24-14/h3-10H,11H2,1-2H3,(H,19,23)(H,20,22). The van der Waals surface area contributed by atoms with E-state index in [2.05, 4.69) is 33.8 Å². The number of nitrogens with one attached hydrogen (secondary N) is 2. The topological polar surface area (TPSA) is 80.0 Å². The molecule has 0 spiro atoms. The highest BCUT2D eigenvalue weighted by atomic mass is 16.3. The Morgan fingerprint density at radius 2 is 1.96 bits per heavy atom. The van der Waals surface area contributed by atoms with Crippen molar-refractivity contribution >= 4 is 17.4 Å². The number of benzene rings is 1. The van der Waals surface area contributed by atoms with E-state index in [0.29, 0.717) is 18.1 Å². The Labute approximate surface area is 139 Å². The van der Waals surface area contributed by atoms with E-state index >= 15 is 0 Å². The minimum absolute atomic E-state index is 0.257. The van der Waals surface area contributed by atoms with E-state index in [-0.39, 0.29) is 11.6 Å². The SMILES string of the molecule is Cc1cccc(Nc2ccc(C(=O)NCc3ccco3)nn2)c1C. The molecule has 2 N–H and O–H groups in total. The van der Waals surface area contributed by atoms with E-state index in [9.17, 15) is 4.79 Å². The fourth-order valence-corrected chi connectivity index (χ4v) is 2.22. The molecule has 3 rings (SSSR count). The van der Waals surface area contributed by atoms with Gasteiger partial charge in [0.05, 0.1) is 12.8 Å². The van der Waals surface area contributed by atoms with Gasteiger partial charge in [0.25, 0.3) is 5.91 Å². The molecule has 122 valence electrons. The third-order valence-corrected chi connectivity index (χ3v) is 3.77. The van der Waals surface area contributed by atoms with Gasteiger partial charge in [0, 0.05) is 5.69 Å². The molecule has 24 heavy (non-hydrogen) atoms. The number of anilines is 2. The van der Waals surface area contributed by atoms with Crippen molar-refractivity contribution in [1.82, 2.24) is 15.5 Å². The fourth-order valence-electron chi connectivity index (χ4n) is 2.22. The molecule has 6 nitrogen and oxygen atoms in total. The number of furan rings is 1. The Morgan fingerprint density at radius 1 is 1.08 bits per heavy atom. The summed E-state index contributed by atoms with van der Waals surface area (Å²) in [6.45, 7) is 4.41. The molecule has 0 saturated carbocycles. The van der Waals surface area contributed by atoms with Crippen molar-refractivity contribution in [2.75, 3.05) is 5.32 Å². The number of nitrogens with zero attached hydrogens (tertiary/aromatic N) is 2. The summed E-state index contributed by atoms with van der Waals surface area (Å²) in [6, 6.07) is 13.0. The Bertz CT molecular complexity index is 827. The third kappa shape index (κ3) is 3.60. The molecule has 0 radical (unpaired) electrons. The summed E-state index contributed by atoms with van der Waals surface area (Å²) < 4.78 is 5.17. The van der Waals surface area contributed by atoms with Crippen LogP contribution >= 0.6 is 0 Å². The van der Waals surface area contributed by atoms with Crippen LogP contribution in [-0.2, 0) is 6.54 Å². The number of carbonyl (C=O) groups is 1. The zero-order valence-corrected chi connectivity index (χ0v) is 13.5. The van der Waals surface area contributed by atoms with Gasteiger partial charge in [-0.3, -0.25) is 4.79 Å². The number of aryl methyl sites for hydroxylation is 1. The van der Waals surface area contributed by atoms with Crippen molar-refractivity contribution in [2.24, 2.45) is 0 Å². The van der Waals surface area contributed by atoms with Crippen molar-refractivity contribution in [3.63, 3.8) is 0 Å². The maximum Gasteiger partial charge on any atom is 0.272 e. The lowest BCUT2D eigenvalue weighted by molar-refractivity contribution is 0.0942. The summed E-state index contributed by atoms with van der Waals surface area (Å²) in [5.74, 6) is 0.980. The minimum Gasteiger partial charge on any atom is -0.467 e. The molecule has 0 aliphatic carbocycles. The first-order valence-electron chi connectivity index (χ1n) is 7.61. The molecule has 1 aromatic carbocycles. The van der Waals surface area contributed by atoms with Gasteiger partial charge in [-0.05, 0) is 55.3 Å². The van der Waals surface area contributed by atoms with Crippen molar-refractivity contribution in [2.45, 2.75) is 20.4 Å². The van der Waals surface area contributed by atoms with Gasteiger partial charge in [0.2, 0.25) is 0 Å². The molecule has 0 aliphatic rings. The molecule has 2 aromatic heterocycles. The lowest BCUT2D eigenvalue weighted by Crippen LogP contribution is -2.23. The molecule has 0 bridgehead atoms. The first-order valence-corrected chi connectivity index (χ1v) is 7.61. The van der Waals surface area contributed by atoms with Crippen LogP contribution in [0.2, 0.25) is 0 Å². The number of aromatic nitrogens is 2. The zero-order valence-electron chi connectivity index (χ0n) is 13.5. The number of hydrogen-bond acceptors (Lipinski definition) is 5. The van der Waals surface area contributed by atoms with Crippen LogP contribution in [0.5, 0.6) is 0 Å². The zero-order chi connectivity index (χ0) is 16.9. The van der Waals surface area contributed by atoms with Gasteiger partial charge in [-0.25, -0.2) is 0 Å². The van der Waals surface area contributed by atoms with E-state index in [1.165, 1.54) is 5.56 Å². The fraction of sp³-hybridized carbons (Fsp3) is 0.167. The van der Waals surface area contributed by atoms with Gasteiger partial charge in [-0.2, -0.15) is 0 Å². The highest BCUT2D eigenvalue weighted by Gasteiger charge is 2.09. The Morgan fingerprint density at radius 3 is 2.67 bits per heavy atom. The monoisotopic (exact) mass is 322 g/mol. The smallest absolute Gasteiger partial charge is 0.272 e. The summed E-state index contributed by atoms with van der Waals surface area (Å²) in [4.78, 5) is 12.0. The summed E-state index contributed by atoms with van der Waals surface area (Å²) in [5, 5.41) is 14.0. The predicted molar refractivity (Wildman–Crippen MR) is 91.1 cm³/mol. The van der Waals surface area contributed by atoms with Crippen LogP contribution in [0.1, 0.15) is 27.4 Å². The molecule has 0 saturated heterocycles. The van der Waals surface area contributed by atoms with Crippen LogP contribution in [0.4, 0.5) is 11.5 Å². The molecular weight excluding hydrogens is 304 g/mol. The average Bonchev–Trinajstić information content (AvgIpc) is 3.11. The summed E-state index contributed by atoms with van der Waals surface area (Å²) in [5.41, 5.74) is 3.58. The molecule has 2 heterocycles. The van der Waals surface area contributed by atoms with E-state index in [0.717, 1.165) is 11.3 Å². The number of amides is 1. The van der Waals surface area contributed by atoms with E-state index in [1.54, 1.807) is 30.5 Å². The highest BCUT2D eigenvalue weighted by Crippen LogP contribution is 2.21. The van der Waals surface area contributed by atoms with Gasteiger partial charge in [-0.15, -0.1) is 10.2 Å². The molecule has 0 unspecified atom stereocenters. The summed E-state index contributed by atoms with van der Waals surface area (Å²) >= 11 is 0. The van der Waals surface area contributed by atoms with Crippen molar-refractivity contribution < 1.29 is 9.21 Å².